The number of nitrogens with one attached hydrogen (secondary N) is 1. The summed E-state index contributed by atoms with van der Waals surface area (Å²) in [5.74, 6) is -0.328. The maximum absolute atomic E-state index is 11.3. The standard InChI is InChI=1S/C11H13Cl2NO2/c1-7(2)16-10(15)6-14-9-5-3-4-8(12)11(9)13/h3-5,7,14H,6H2,1-2H3. The fraction of sp³-hybridized carbons (Fsp3) is 0.364. The highest BCUT2D eigenvalue weighted by atomic mass is 35.5. The van der Waals surface area contributed by atoms with Gasteiger partial charge >= 0.3 is 5.97 Å². The smallest absolute Gasteiger partial charge is 0.325 e. The number of ether oxygens (including phenoxy) is 1. The summed E-state index contributed by atoms with van der Waals surface area (Å²) in [5, 5.41) is 3.72. The molecule has 1 aromatic rings. The molecule has 0 aliphatic rings. The van der Waals surface area contributed by atoms with E-state index in [-0.39, 0.29) is 18.6 Å². The van der Waals surface area contributed by atoms with Gasteiger partial charge in [-0.1, -0.05) is 29.3 Å². The number of esters is 1. The van der Waals surface area contributed by atoms with Crippen LogP contribution in [-0.4, -0.2) is 18.6 Å². The molecule has 0 aromatic heterocycles. The number of carbonyl (C=O) groups is 1. The highest BCUT2D eigenvalue weighted by molar-refractivity contribution is 6.43. The predicted molar refractivity (Wildman–Crippen MR) is 66.2 cm³/mol. The van der Waals surface area contributed by atoms with E-state index in [1.165, 1.54) is 0 Å². The predicted octanol–water partition coefficient (Wildman–Crippen LogP) is 3.36. The van der Waals surface area contributed by atoms with Crippen molar-refractivity contribution in [2.75, 3.05) is 11.9 Å². The van der Waals surface area contributed by atoms with E-state index < -0.39 is 0 Å². The van der Waals surface area contributed by atoms with Crippen LogP contribution in [0.25, 0.3) is 0 Å². The SMILES string of the molecule is CC(C)OC(=O)CNc1cccc(Cl)c1Cl. The van der Waals surface area contributed by atoms with Crippen LogP contribution in [0.1, 0.15) is 13.8 Å². The minimum Gasteiger partial charge on any atom is -0.462 e. The van der Waals surface area contributed by atoms with Gasteiger partial charge in [-0.3, -0.25) is 4.79 Å². The summed E-state index contributed by atoms with van der Waals surface area (Å²) in [7, 11) is 0. The summed E-state index contributed by atoms with van der Waals surface area (Å²) in [6.07, 6.45) is -0.121. The Balaban J connectivity index is 2.55. The zero-order valence-electron chi connectivity index (χ0n) is 9.09. The Morgan fingerprint density at radius 1 is 1.44 bits per heavy atom. The highest BCUT2D eigenvalue weighted by Crippen LogP contribution is 2.29. The van der Waals surface area contributed by atoms with E-state index in [1.807, 2.05) is 0 Å². The molecule has 0 unspecified atom stereocenters. The van der Waals surface area contributed by atoms with Gasteiger partial charge in [0.1, 0.15) is 6.54 Å². The van der Waals surface area contributed by atoms with Crippen LogP contribution in [0.2, 0.25) is 10.0 Å². The molecule has 0 heterocycles. The topological polar surface area (TPSA) is 38.3 Å². The largest absolute Gasteiger partial charge is 0.462 e. The number of hydrogen-bond donors (Lipinski definition) is 1. The number of carbonyl (C=O) groups excluding carboxylic acids is 1. The molecule has 0 amide bonds. The van der Waals surface area contributed by atoms with Crippen molar-refractivity contribution in [3.05, 3.63) is 28.2 Å². The van der Waals surface area contributed by atoms with Crippen LogP contribution >= 0.6 is 23.2 Å². The number of hydrogen-bond acceptors (Lipinski definition) is 3. The van der Waals surface area contributed by atoms with Crippen LogP contribution in [0.5, 0.6) is 0 Å². The summed E-state index contributed by atoms with van der Waals surface area (Å²) in [5.41, 5.74) is 0.620. The first-order valence-electron chi connectivity index (χ1n) is 4.88. The fourth-order valence-corrected chi connectivity index (χ4v) is 1.48. The number of halogens is 2. The zero-order chi connectivity index (χ0) is 12.1. The second-order valence-electron chi connectivity index (χ2n) is 3.49. The van der Waals surface area contributed by atoms with E-state index in [1.54, 1.807) is 32.0 Å². The summed E-state index contributed by atoms with van der Waals surface area (Å²) in [6, 6.07) is 5.18. The van der Waals surface area contributed by atoms with E-state index >= 15 is 0 Å². The first-order chi connectivity index (χ1) is 7.50. The highest BCUT2D eigenvalue weighted by Gasteiger charge is 2.08. The number of anilines is 1. The molecule has 1 N–H and O–H groups in total. The Kier molecular flexibility index (Phi) is 4.90. The van der Waals surface area contributed by atoms with Gasteiger partial charge in [-0.15, -0.1) is 0 Å². The summed E-state index contributed by atoms with van der Waals surface area (Å²) in [4.78, 5) is 11.3. The lowest BCUT2D eigenvalue weighted by Crippen LogP contribution is -2.20. The molecule has 1 aromatic carbocycles. The Labute approximate surface area is 105 Å². The van der Waals surface area contributed by atoms with Crippen molar-refractivity contribution in [2.45, 2.75) is 20.0 Å². The molecule has 0 aliphatic carbocycles. The molecule has 0 saturated heterocycles. The van der Waals surface area contributed by atoms with Crippen molar-refractivity contribution in [2.24, 2.45) is 0 Å². The lowest BCUT2D eigenvalue weighted by atomic mass is 10.3. The molecule has 0 fully saturated rings. The molecule has 0 aliphatic heterocycles. The quantitative estimate of drug-likeness (QED) is 0.845. The van der Waals surface area contributed by atoms with Gasteiger partial charge < -0.3 is 10.1 Å². The van der Waals surface area contributed by atoms with Crippen molar-refractivity contribution >= 4 is 34.9 Å². The van der Waals surface area contributed by atoms with Gasteiger partial charge in [0, 0.05) is 0 Å². The lowest BCUT2D eigenvalue weighted by Gasteiger charge is -2.10. The van der Waals surface area contributed by atoms with Crippen LogP contribution in [0.3, 0.4) is 0 Å². The molecule has 0 saturated carbocycles. The molecule has 0 bridgehead atoms. The van der Waals surface area contributed by atoms with Gasteiger partial charge in [0.25, 0.3) is 0 Å². The van der Waals surface area contributed by atoms with Crippen LogP contribution in [0, 0.1) is 0 Å². The Bertz CT molecular complexity index is 380. The van der Waals surface area contributed by atoms with Crippen molar-refractivity contribution in [3.63, 3.8) is 0 Å². The summed E-state index contributed by atoms with van der Waals surface area (Å²) in [6.45, 7) is 3.66. The molecule has 5 heteroatoms. The van der Waals surface area contributed by atoms with E-state index in [0.717, 1.165) is 0 Å². The molecule has 0 radical (unpaired) electrons. The Morgan fingerprint density at radius 3 is 2.75 bits per heavy atom. The molecule has 16 heavy (non-hydrogen) atoms. The minimum atomic E-state index is -0.328. The van der Waals surface area contributed by atoms with Crippen molar-refractivity contribution < 1.29 is 9.53 Å². The fourth-order valence-electron chi connectivity index (χ4n) is 1.11. The summed E-state index contributed by atoms with van der Waals surface area (Å²) < 4.78 is 4.96. The second-order valence-corrected chi connectivity index (χ2v) is 4.28. The maximum Gasteiger partial charge on any atom is 0.325 e. The van der Waals surface area contributed by atoms with Crippen LogP contribution < -0.4 is 5.32 Å². The molecule has 1 rings (SSSR count). The van der Waals surface area contributed by atoms with Crippen molar-refractivity contribution in [3.8, 4) is 0 Å². The van der Waals surface area contributed by atoms with Gasteiger partial charge in [0.15, 0.2) is 0 Å². The zero-order valence-corrected chi connectivity index (χ0v) is 10.6. The van der Waals surface area contributed by atoms with Crippen LogP contribution in [-0.2, 0) is 9.53 Å². The number of benzene rings is 1. The lowest BCUT2D eigenvalue weighted by molar-refractivity contribution is -0.145. The normalized spacial score (nSPS) is 10.3. The minimum absolute atomic E-state index is 0.0677. The third kappa shape index (κ3) is 3.91. The van der Waals surface area contributed by atoms with Crippen LogP contribution in [0.15, 0.2) is 18.2 Å². The Morgan fingerprint density at radius 2 is 2.12 bits per heavy atom. The number of rotatable bonds is 4. The first-order valence-corrected chi connectivity index (χ1v) is 5.63. The van der Waals surface area contributed by atoms with E-state index in [9.17, 15) is 4.79 Å². The summed E-state index contributed by atoms with van der Waals surface area (Å²) >= 11 is 11.8. The second kappa shape index (κ2) is 5.97. The van der Waals surface area contributed by atoms with Gasteiger partial charge in [-0.2, -0.15) is 0 Å². The van der Waals surface area contributed by atoms with E-state index in [4.69, 9.17) is 27.9 Å². The third-order valence-electron chi connectivity index (χ3n) is 1.74. The molecular weight excluding hydrogens is 249 g/mol. The van der Waals surface area contributed by atoms with Crippen molar-refractivity contribution in [1.29, 1.82) is 0 Å². The van der Waals surface area contributed by atoms with Gasteiger partial charge in [-0.25, -0.2) is 0 Å². The Hall–Kier alpha value is -0.930. The molecular formula is C11H13Cl2NO2. The third-order valence-corrected chi connectivity index (χ3v) is 2.56. The molecule has 3 nitrogen and oxygen atoms in total. The van der Waals surface area contributed by atoms with Crippen molar-refractivity contribution in [1.82, 2.24) is 0 Å². The van der Waals surface area contributed by atoms with Gasteiger partial charge in [-0.05, 0) is 26.0 Å². The molecule has 0 spiro atoms. The van der Waals surface area contributed by atoms with E-state index in [2.05, 4.69) is 5.32 Å². The molecule has 0 atom stereocenters. The first kappa shape index (κ1) is 13.1. The maximum atomic E-state index is 11.3. The average Bonchev–Trinajstić information content (AvgIpc) is 2.19. The molecule has 88 valence electrons. The van der Waals surface area contributed by atoms with Crippen LogP contribution in [0.4, 0.5) is 5.69 Å². The van der Waals surface area contributed by atoms with Gasteiger partial charge in [0.2, 0.25) is 0 Å². The monoisotopic (exact) mass is 261 g/mol. The van der Waals surface area contributed by atoms with E-state index in [0.29, 0.717) is 15.7 Å². The average molecular weight is 262 g/mol. The van der Waals surface area contributed by atoms with Gasteiger partial charge in [0.05, 0.1) is 21.8 Å².